The molecule has 6 heteroatoms. The summed E-state index contributed by atoms with van der Waals surface area (Å²) in [5.74, 6) is -0.605. The summed E-state index contributed by atoms with van der Waals surface area (Å²) in [6.45, 7) is 3.90. The molecule has 1 aliphatic rings. The van der Waals surface area contributed by atoms with Crippen LogP contribution in [0.15, 0.2) is 30.3 Å². The van der Waals surface area contributed by atoms with Crippen LogP contribution >= 0.6 is 11.6 Å². The van der Waals surface area contributed by atoms with E-state index in [1.54, 1.807) is 18.2 Å². The maximum atomic E-state index is 11.9. The first-order valence-electron chi connectivity index (χ1n) is 8.35. The molecule has 132 valence electrons. The molecule has 3 rings (SSSR count). The van der Waals surface area contributed by atoms with Crippen molar-refractivity contribution in [2.75, 3.05) is 19.6 Å². The Morgan fingerprint density at radius 1 is 1.32 bits per heavy atom. The van der Waals surface area contributed by atoms with E-state index in [-0.39, 0.29) is 28.3 Å². The van der Waals surface area contributed by atoms with Gasteiger partial charge in [-0.05, 0) is 54.8 Å². The molecule has 2 aromatic carbocycles. The quantitative estimate of drug-likeness (QED) is 0.634. The smallest absolute Gasteiger partial charge is 0.251 e. The molecule has 0 bridgehead atoms. The Balaban J connectivity index is 2.00. The maximum Gasteiger partial charge on any atom is 0.251 e. The molecule has 1 aliphatic heterocycles. The van der Waals surface area contributed by atoms with Crippen LogP contribution in [0.2, 0.25) is 5.02 Å². The van der Waals surface area contributed by atoms with Crippen molar-refractivity contribution in [2.24, 2.45) is 0 Å². The topological polar surface area (TPSA) is 81.6 Å². The van der Waals surface area contributed by atoms with Crippen LogP contribution in [0.5, 0.6) is 11.5 Å². The van der Waals surface area contributed by atoms with E-state index in [0.29, 0.717) is 25.1 Å². The van der Waals surface area contributed by atoms with E-state index < -0.39 is 0 Å². The van der Waals surface area contributed by atoms with Crippen LogP contribution in [-0.4, -0.2) is 35.8 Å². The second kappa shape index (κ2) is 7.33. The number of phenols is 2. The average Bonchev–Trinajstić information content (AvgIpc) is 2.83. The number of carbonyl (C=O) groups is 1. The van der Waals surface area contributed by atoms with Gasteiger partial charge in [0.1, 0.15) is 0 Å². The molecule has 1 atom stereocenters. The van der Waals surface area contributed by atoms with Crippen molar-refractivity contribution in [1.29, 1.82) is 0 Å². The number of rotatable bonds is 3. The van der Waals surface area contributed by atoms with E-state index in [2.05, 4.69) is 10.6 Å². The largest absolute Gasteiger partial charge is 0.504 e. The molecule has 0 saturated carbocycles. The maximum absolute atomic E-state index is 11.9. The standard InChI is InChI=1S/C19H21ClN2O3/c1-2-22-19(25)12-5-3-11(4-6-12)15-10-21-8-7-13-14(15)9-16(23)18(24)17(13)20/h3-6,9,15,21,23-24H,2,7-8,10H2,1H3,(H,22,25). The number of fused-ring (bicyclic) bond motifs is 1. The van der Waals surface area contributed by atoms with Crippen molar-refractivity contribution in [3.8, 4) is 11.5 Å². The highest BCUT2D eigenvalue weighted by Gasteiger charge is 2.25. The second-order valence-corrected chi connectivity index (χ2v) is 6.49. The summed E-state index contributed by atoms with van der Waals surface area (Å²) >= 11 is 6.25. The molecule has 1 unspecified atom stereocenters. The predicted octanol–water partition coefficient (Wildman–Crippen LogP) is 2.78. The van der Waals surface area contributed by atoms with E-state index in [0.717, 1.165) is 23.2 Å². The zero-order valence-electron chi connectivity index (χ0n) is 14.0. The van der Waals surface area contributed by atoms with Crippen LogP contribution in [0.4, 0.5) is 0 Å². The first-order valence-corrected chi connectivity index (χ1v) is 8.72. The van der Waals surface area contributed by atoms with E-state index >= 15 is 0 Å². The number of benzene rings is 2. The van der Waals surface area contributed by atoms with Crippen molar-refractivity contribution in [3.05, 3.63) is 57.6 Å². The summed E-state index contributed by atoms with van der Waals surface area (Å²) in [4.78, 5) is 11.9. The molecule has 0 fully saturated rings. The zero-order valence-corrected chi connectivity index (χ0v) is 14.7. The van der Waals surface area contributed by atoms with Gasteiger partial charge in [0.15, 0.2) is 11.5 Å². The fourth-order valence-electron chi connectivity index (χ4n) is 3.25. The number of amides is 1. The first-order chi connectivity index (χ1) is 12.0. The van der Waals surface area contributed by atoms with Crippen molar-refractivity contribution in [3.63, 3.8) is 0 Å². The fraction of sp³-hybridized carbons (Fsp3) is 0.316. The van der Waals surface area contributed by atoms with Gasteiger partial charge in [-0.15, -0.1) is 0 Å². The molecule has 0 aliphatic carbocycles. The third kappa shape index (κ3) is 3.43. The molecule has 5 nitrogen and oxygen atoms in total. The van der Waals surface area contributed by atoms with E-state index in [4.69, 9.17) is 11.6 Å². The molecule has 2 aromatic rings. The Bertz CT molecular complexity index is 790. The van der Waals surface area contributed by atoms with Gasteiger partial charge in [0.05, 0.1) is 5.02 Å². The molecule has 1 heterocycles. The predicted molar refractivity (Wildman–Crippen MR) is 97.6 cm³/mol. The minimum Gasteiger partial charge on any atom is -0.504 e. The summed E-state index contributed by atoms with van der Waals surface area (Å²) in [5, 5.41) is 26.2. The third-order valence-corrected chi connectivity index (χ3v) is 4.95. The van der Waals surface area contributed by atoms with Gasteiger partial charge in [-0.3, -0.25) is 4.79 Å². The number of hydrogen-bond acceptors (Lipinski definition) is 4. The molecule has 1 amide bonds. The number of carbonyl (C=O) groups excluding carboxylic acids is 1. The highest BCUT2D eigenvalue weighted by molar-refractivity contribution is 6.33. The molecule has 0 spiro atoms. The van der Waals surface area contributed by atoms with Gasteiger partial charge in [-0.25, -0.2) is 0 Å². The zero-order chi connectivity index (χ0) is 18.0. The number of hydrogen-bond donors (Lipinski definition) is 4. The van der Waals surface area contributed by atoms with Crippen LogP contribution in [0, 0.1) is 0 Å². The van der Waals surface area contributed by atoms with Gasteiger partial charge in [-0.1, -0.05) is 23.7 Å². The Labute approximate surface area is 151 Å². The lowest BCUT2D eigenvalue weighted by atomic mass is 9.87. The Morgan fingerprint density at radius 2 is 2.04 bits per heavy atom. The molecule has 4 N–H and O–H groups in total. The Kier molecular flexibility index (Phi) is 5.16. The minimum absolute atomic E-state index is 0.0233. The van der Waals surface area contributed by atoms with Crippen molar-refractivity contribution < 1.29 is 15.0 Å². The summed E-state index contributed by atoms with van der Waals surface area (Å²) in [5.41, 5.74) is 3.37. The van der Waals surface area contributed by atoms with Crippen LogP contribution < -0.4 is 10.6 Å². The summed E-state index contributed by atoms with van der Waals surface area (Å²) < 4.78 is 0. The normalized spacial score (nSPS) is 16.8. The van der Waals surface area contributed by atoms with Gasteiger partial charge in [0.25, 0.3) is 5.91 Å². The van der Waals surface area contributed by atoms with Crippen LogP contribution in [0.25, 0.3) is 0 Å². The lowest BCUT2D eigenvalue weighted by Gasteiger charge is -2.20. The highest BCUT2D eigenvalue weighted by atomic mass is 35.5. The van der Waals surface area contributed by atoms with Gasteiger partial charge >= 0.3 is 0 Å². The SMILES string of the molecule is CCNC(=O)c1ccc(C2CNCCc3c2cc(O)c(O)c3Cl)cc1. The first kappa shape index (κ1) is 17.6. The third-order valence-electron chi connectivity index (χ3n) is 4.54. The number of aromatic hydroxyl groups is 2. The monoisotopic (exact) mass is 360 g/mol. The highest BCUT2D eigenvalue weighted by Crippen LogP contribution is 2.42. The molecule has 25 heavy (non-hydrogen) atoms. The van der Waals surface area contributed by atoms with Crippen molar-refractivity contribution in [1.82, 2.24) is 10.6 Å². The van der Waals surface area contributed by atoms with Crippen molar-refractivity contribution >= 4 is 17.5 Å². The molecule has 0 aromatic heterocycles. The lowest BCUT2D eigenvalue weighted by Crippen LogP contribution is -2.23. The second-order valence-electron chi connectivity index (χ2n) is 6.11. The fourth-order valence-corrected chi connectivity index (χ4v) is 3.55. The van der Waals surface area contributed by atoms with Crippen LogP contribution in [0.3, 0.4) is 0 Å². The lowest BCUT2D eigenvalue weighted by molar-refractivity contribution is 0.0956. The van der Waals surface area contributed by atoms with Gasteiger partial charge in [0.2, 0.25) is 0 Å². The number of halogens is 1. The van der Waals surface area contributed by atoms with E-state index in [9.17, 15) is 15.0 Å². The molecule has 0 saturated heterocycles. The van der Waals surface area contributed by atoms with E-state index in [1.165, 1.54) is 0 Å². The summed E-state index contributed by atoms with van der Waals surface area (Å²) in [6, 6.07) is 9.03. The van der Waals surface area contributed by atoms with Crippen LogP contribution in [-0.2, 0) is 6.42 Å². The Morgan fingerprint density at radius 3 is 2.72 bits per heavy atom. The average molecular weight is 361 g/mol. The molecule has 0 radical (unpaired) electrons. The summed E-state index contributed by atoms with van der Waals surface area (Å²) in [6.07, 6.45) is 0.676. The van der Waals surface area contributed by atoms with Crippen molar-refractivity contribution in [2.45, 2.75) is 19.3 Å². The van der Waals surface area contributed by atoms with Crippen LogP contribution in [0.1, 0.15) is 39.9 Å². The minimum atomic E-state index is -0.271. The number of phenolic OH excluding ortho intramolecular Hbond substituents is 2. The number of nitrogens with one attached hydrogen (secondary N) is 2. The molecular weight excluding hydrogens is 340 g/mol. The van der Waals surface area contributed by atoms with Gasteiger partial charge in [-0.2, -0.15) is 0 Å². The van der Waals surface area contributed by atoms with Gasteiger partial charge < -0.3 is 20.8 Å². The Hall–Kier alpha value is -2.24. The van der Waals surface area contributed by atoms with E-state index in [1.807, 2.05) is 19.1 Å². The summed E-state index contributed by atoms with van der Waals surface area (Å²) in [7, 11) is 0. The molecular formula is C19H21ClN2O3. The van der Waals surface area contributed by atoms with Gasteiger partial charge in [0, 0.05) is 24.6 Å².